The summed E-state index contributed by atoms with van der Waals surface area (Å²) in [6.45, 7) is 0. The van der Waals surface area contributed by atoms with E-state index in [1.54, 1.807) is 18.2 Å². The summed E-state index contributed by atoms with van der Waals surface area (Å²) in [5.74, 6) is 0.866. The molecule has 100 valence electrons. The zero-order chi connectivity index (χ0) is 13.6. The Bertz CT molecular complexity index is 554. The zero-order valence-corrected chi connectivity index (χ0v) is 12.0. The molecule has 0 radical (unpaired) electrons. The molecule has 3 rings (SSSR count). The average molecular weight is 296 g/mol. The second-order valence-electron chi connectivity index (χ2n) is 5.78. The topological polar surface area (TPSA) is 44.0 Å². The molecular weight excluding hydrogens is 281 g/mol. The highest BCUT2D eigenvalue weighted by atomic mass is 35.5. The van der Waals surface area contributed by atoms with Gasteiger partial charge in [-0.05, 0) is 37.2 Å². The Kier molecular flexibility index (Phi) is 3.25. The molecule has 2 nitrogen and oxygen atoms in total. The molecule has 2 aliphatic rings. The minimum atomic E-state index is -0.848. The monoisotopic (exact) mass is 295 g/mol. The maximum Gasteiger partial charge on any atom is 0.0994 e. The van der Waals surface area contributed by atoms with Crippen LogP contribution >= 0.6 is 23.2 Å². The van der Waals surface area contributed by atoms with Crippen LogP contribution in [-0.4, -0.2) is 5.11 Å². The highest BCUT2D eigenvalue weighted by Crippen LogP contribution is 2.61. The largest absolute Gasteiger partial charge is 0.387 e. The van der Waals surface area contributed by atoms with E-state index in [0.717, 1.165) is 19.3 Å². The lowest BCUT2D eigenvalue weighted by atomic mass is 9.68. The summed E-state index contributed by atoms with van der Waals surface area (Å²) in [4.78, 5) is 0. The lowest BCUT2D eigenvalue weighted by Gasteiger charge is -2.36. The van der Waals surface area contributed by atoms with Crippen LogP contribution in [0, 0.1) is 28.6 Å². The predicted octanol–water partition coefficient (Wildman–Crippen LogP) is 4.36. The number of rotatable bonds is 2. The first-order chi connectivity index (χ1) is 9.08. The fraction of sp³-hybridized carbons (Fsp3) is 0.533. The van der Waals surface area contributed by atoms with Crippen LogP contribution in [0.4, 0.5) is 0 Å². The summed E-state index contributed by atoms with van der Waals surface area (Å²) >= 11 is 12.2. The number of benzene rings is 1. The third kappa shape index (κ3) is 1.88. The fourth-order valence-corrected chi connectivity index (χ4v) is 4.33. The quantitative estimate of drug-likeness (QED) is 0.881. The van der Waals surface area contributed by atoms with E-state index in [1.807, 2.05) is 0 Å². The number of aliphatic hydroxyl groups excluding tert-OH is 1. The molecule has 19 heavy (non-hydrogen) atoms. The molecule has 4 unspecified atom stereocenters. The minimum absolute atomic E-state index is 0.285. The van der Waals surface area contributed by atoms with Gasteiger partial charge in [0.1, 0.15) is 0 Å². The van der Waals surface area contributed by atoms with Crippen molar-refractivity contribution >= 4 is 23.2 Å². The van der Waals surface area contributed by atoms with Crippen LogP contribution in [0.25, 0.3) is 0 Å². The van der Waals surface area contributed by atoms with Gasteiger partial charge in [0, 0.05) is 5.56 Å². The highest BCUT2D eigenvalue weighted by molar-refractivity contribution is 6.42. The second kappa shape index (κ2) is 4.66. The van der Waals surface area contributed by atoms with Gasteiger partial charge in [0.15, 0.2) is 0 Å². The van der Waals surface area contributed by atoms with Gasteiger partial charge in [-0.3, -0.25) is 0 Å². The molecule has 0 aromatic heterocycles. The molecule has 4 atom stereocenters. The summed E-state index contributed by atoms with van der Waals surface area (Å²) in [6.07, 6.45) is 3.21. The molecule has 1 aromatic carbocycles. The van der Waals surface area contributed by atoms with Crippen molar-refractivity contribution in [3.05, 3.63) is 33.8 Å². The Morgan fingerprint density at radius 1 is 1.37 bits per heavy atom. The van der Waals surface area contributed by atoms with E-state index in [4.69, 9.17) is 23.2 Å². The molecule has 2 fully saturated rings. The van der Waals surface area contributed by atoms with Gasteiger partial charge in [-0.25, -0.2) is 0 Å². The average Bonchev–Trinajstić information content (AvgIpc) is 3.02. The molecule has 0 spiro atoms. The third-order valence-electron chi connectivity index (χ3n) is 4.87. The molecule has 2 bridgehead atoms. The number of fused-ring (bicyclic) bond motifs is 2. The van der Waals surface area contributed by atoms with Gasteiger partial charge in [-0.1, -0.05) is 41.8 Å². The van der Waals surface area contributed by atoms with E-state index in [1.165, 1.54) is 6.42 Å². The molecule has 4 heteroatoms. The van der Waals surface area contributed by atoms with Crippen LogP contribution in [0.15, 0.2) is 18.2 Å². The van der Waals surface area contributed by atoms with E-state index < -0.39 is 11.5 Å². The SMILES string of the molecule is N#CC1(C(O)c2cccc(Cl)c2Cl)CC2CCC1C2. The zero-order valence-electron chi connectivity index (χ0n) is 10.4. The van der Waals surface area contributed by atoms with Crippen LogP contribution in [0.2, 0.25) is 10.0 Å². The van der Waals surface area contributed by atoms with Gasteiger partial charge in [0.2, 0.25) is 0 Å². The van der Waals surface area contributed by atoms with E-state index in [-0.39, 0.29) is 5.92 Å². The molecule has 2 saturated carbocycles. The lowest BCUT2D eigenvalue weighted by molar-refractivity contribution is 0.0234. The van der Waals surface area contributed by atoms with Crippen molar-refractivity contribution in [2.24, 2.45) is 17.3 Å². The number of nitriles is 1. The minimum Gasteiger partial charge on any atom is -0.387 e. The van der Waals surface area contributed by atoms with Crippen molar-refractivity contribution in [2.75, 3.05) is 0 Å². The van der Waals surface area contributed by atoms with Crippen molar-refractivity contribution in [2.45, 2.75) is 31.8 Å². The van der Waals surface area contributed by atoms with Gasteiger partial charge in [-0.2, -0.15) is 5.26 Å². The number of aliphatic hydroxyl groups is 1. The van der Waals surface area contributed by atoms with Crippen molar-refractivity contribution in [3.63, 3.8) is 0 Å². The Morgan fingerprint density at radius 2 is 2.16 bits per heavy atom. The van der Waals surface area contributed by atoms with Crippen LogP contribution in [0.1, 0.15) is 37.4 Å². The van der Waals surface area contributed by atoms with E-state index in [2.05, 4.69) is 6.07 Å². The molecule has 0 aliphatic heterocycles. The van der Waals surface area contributed by atoms with E-state index in [9.17, 15) is 10.4 Å². The Balaban J connectivity index is 2.01. The number of hydrogen-bond donors (Lipinski definition) is 1. The van der Waals surface area contributed by atoms with Crippen LogP contribution in [0.3, 0.4) is 0 Å². The van der Waals surface area contributed by atoms with Crippen molar-refractivity contribution in [3.8, 4) is 6.07 Å². The lowest BCUT2D eigenvalue weighted by Crippen LogP contribution is -2.33. The first kappa shape index (κ1) is 13.2. The molecule has 0 amide bonds. The molecular formula is C15H15Cl2NO. The molecule has 1 N–H and O–H groups in total. The standard InChI is InChI=1S/C15H15Cl2NO/c16-12-3-1-2-11(13(12)17)14(19)15(8-18)7-9-4-5-10(15)6-9/h1-3,9-10,14,19H,4-7H2. The van der Waals surface area contributed by atoms with Gasteiger partial charge < -0.3 is 5.11 Å². The van der Waals surface area contributed by atoms with E-state index >= 15 is 0 Å². The number of halogens is 2. The smallest absolute Gasteiger partial charge is 0.0994 e. The number of nitrogens with zero attached hydrogens (tertiary/aromatic N) is 1. The summed E-state index contributed by atoms with van der Waals surface area (Å²) in [5.41, 5.74) is -0.0969. The van der Waals surface area contributed by atoms with Gasteiger partial charge >= 0.3 is 0 Å². The second-order valence-corrected chi connectivity index (χ2v) is 6.56. The summed E-state index contributed by atoms with van der Waals surface area (Å²) < 4.78 is 0. The summed E-state index contributed by atoms with van der Waals surface area (Å²) in [6, 6.07) is 7.63. The summed E-state index contributed by atoms with van der Waals surface area (Å²) in [7, 11) is 0. The first-order valence-corrected chi connectivity index (χ1v) is 7.37. The summed E-state index contributed by atoms with van der Waals surface area (Å²) in [5, 5.41) is 21.2. The third-order valence-corrected chi connectivity index (χ3v) is 5.70. The van der Waals surface area contributed by atoms with Crippen LogP contribution in [0.5, 0.6) is 0 Å². The maximum absolute atomic E-state index is 10.7. The van der Waals surface area contributed by atoms with Gasteiger partial charge in [0.05, 0.1) is 27.6 Å². The highest BCUT2D eigenvalue weighted by Gasteiger charge is 2.56. The molecule has 2 aliphatic carbocycles. The molecule has 1 aromatic rings. The fourth-order valence-electron chi connectivity index (χ4n) is 3.91. The van der Waals surface area contributed by atoms with Crippen molar-refractivity contribution < 1.29 is 5.11 Å². The van der Waals surface area contributed by atoms with E-state index in [0.29, 0.717) is 21.5 Å². The Hall–Kier alpha value is -0.750. The Morgan fingerprint density at radius 3 is 2.74 bits per heavy atom. The Labute approximate surface area is 122 Å². The van der Waals surface area contributed by atoms with Crippen molar-refractivity contribution in [1.29, 1.82) is 5.26 Å². The first-order valence-electron chi connectivity index (χ1n) is 6.61. The number of hydrogen-bond acceptors (Lipinski definition) is 2. The maximum atomic E-state index is 10.7. The normalized spacial score (nSPS) is 34.2. The van der Waals surface area contributed by atoms with Gasteiger partial charge in [0.25, 0.3) is 0 Å². The predicted molar refractivity (Wildman–Crippen MR) is 74.9 cm³/mol. The van der Waals surface area contributed by atoms with Crippen molar-refractivity contribution in [1.82, 2.24) is 0 Å². The molecule has 0 heterocycles. The molecule has 0 saturated heterocycles. The van der Waals surface area contributed by atoms with Gasteiger partial charge in [-0.15, -0.1) is 0 Å². The van der Waals surface area contributed by atoms with Crippen LogP contribution in [-0.2, 0) is 0 Å². The van der Waals surface area contributed by atoms with Crippen LogP contribution < -0.4 is 0 Å².